The molecule has 1 unspecified atom stereocenters. The number of hydrogen-bond acceptors (Lipinski definition) is 2. The van der Waals surface area contributed by atoms with Crippen molar-refractivity contribution < 1.29 is 23.1 Å². The molecule has 18 heavy (non-hydrogen) atoms. The van der Waals surface area contributed by atoms with Gasteiger partial charge in [0.15, 0.2) is 6.10 Å². The van der Waals surface area contributed by atoms with Crippen LogP contribution in [0.25, 0.3) is 0 Å². The van der Waals surface area contributed by atoms with Crippen LogP contribution in [0, 0.1) is 6.92 Å². The standard InChI is InChI=1S/C11H11BrF3NO2/c1-6-4-7(12)2-3-8(6)10(18)16-5-9(17)11(13,14)15/h2-4,9,17H,5H2,1H3,(H,16,18). The predicted octanol–water partition coefficient (Wildman–Crippen LogP) is 2.41. The number of aliphatic hydroxyl groups is 1. The van der Waals surface area contributed by atoms with Crippen molar-refractivity contribution in [3.05, 3.63) is 33.8 Å². The van der Waals surface area contributed by atoms with Gasteiger partial charge in [0.2, 0.25) is 0 Å². The second-order valence-electron chi connectivity index (χ2n) is 3.73. The molecule has 0 aromatic heterocycles. The van der Waals surface area contributed by atoms with Crippen molar-refractivity contribution in [1.29, 1.82) is 0 Å². The van der Waals surface area contributed by atoms with E-state index in [2.05, 4.69) is 15.9 Å². The van der Waals surface area contributed by atoms with Crippen molar-refractivity contribution in [3.8, 4) is 0 Å². The Balaban J connectivity index is 2.66. The number of nitrogens with one attached hydrogen (secondary N) is 1. The highest BCUT2D eigenvalue weighted by Crippen LogP contribution is 2.20. The Bertz CT molecular complexity index is 448. The molecule has 0 bridgehead atoms. The molecule has 1 aromatic carbocycles. The minimum atomic E-state index is -4.73. The molecule has 0 aliphatic rings. The van der Waals surface area contributed by atoms with E-state index in [4.69, 9.17) is 5.11 Å². The zero-order valence-corrected chi connectivity index (χ0v) is 11.0. The van der Waals surface area contributed by atoms with Crippen LogP contribution in [0.3, 0.4) is 0 Å². The molecular formula is C11H11BrF3NO2. The third-order valence-corrected chi connectivity index (χ3v) is 2.76. The Kier molecular flexibility index (Phi) is 4.75. The molecule has 3 nitrogen and oxygen atoms in total. The number of hydrogen-bond donors (Lipinski definition) is 2. The van der Waals surface area contributed by atoms with E-state index in [0.717, 1.165) is 4.47 Å². The lowest BCUT2D eigenvalue weighted by molar-refractivity contribution is -0.201. The van der Waals surface area contributed by atoms with Gasteiger partial charge in [-0.1, -0.05) is 15.9 Å². The summed E-state index contributed by atoms with van der Waals surface area (Å²) in [6, 6.07) is 4.78. The Labute approximate surface area is 110 Å². The van der Waals surface area contributed by atoms with Crippen LogP contribution in [0.15, 0.2) is 22.7 Å². The van der Waals surface area contributed by atoms with Gasteiger partial charge in [-0.3, -0.25) is 4.79 Å². The number of rotatable bonds is 3. The topological polar surface area (TPSA) is 49.3 Å². The van der Waals surface area contributed by atoms with Gasteiger partial charge in [-0.05, 0) is 30.7 Å². The van der Waals surface area contributed by atoms with Crippen molar-refractivity contribution in [1.82, 2.24) is 5.32 Å². The summed E-state index contributed by atoms with van der Waals surface area (Å²) >= 11 is 3.21. The number of amides is 1. The van der Waals surface area contributed by atoms with E-state index in [-0.39, 0.29) is 5.56 Å². The van der Waals surface area contributed by atoms with Crippen LogP contribution in [-0.2, 0) is 0 Å². The average molecular weight is 326 g/mol. The molecule has 1 rings (SSSR count). The number of aryl methyl sites for hydroxylation is 1. The minimum absolute atomic E-state index is 0.271. The summed E-state index contributed by atoms with van der Waals surface area (Å²) in [6.07, 6.45) is -7.29. The summed E-state index contributed by atoms with van der Waals surface area (Å²) in [7, 11) is 0. The van der Waals surface area contributed by atoms with Gasteiger partial charge < -0.3 is 10.4 Å². The molecule has 1 amide bonds. The summed E-state index contributed by atoms with van der Waals surface area (Å²) < 4.78 is 36.9. The Morgan fingerprint density at radius 2 is 2.11 bits per heavy atom. The fourth-order valence-electron chi connectivity index (χ4n) is 1.28. The van der Waals surface area contributed by atoms with Crippen LogP contribution in [0.4, 0.5) is 13.2 Å². The quantitative estimate of drug-likeness (QED) is 0.896. The minimum Gasteiger partial charge on any atom is -0.382 e. The van der Waals surface area contributed by atoms with E-state index in [1.807, 2.05) is 5.32 Å². The van der Waals surface area contributed by atoms with Gasteiger partial charge in [-0.15, -0.1) is 0 Å². The molecule has 0 aliphatic carbocycles. The van der Waals surface area contributed by atoms with Gasteiger partial charge in [0.1, 0.15) is 0 Å². The fourth-order valence-corrected chi connectivity index (χ4v) is 1.76. The normalized spacial score (nSPS) is 13.2. The highest BCUT2D eigenvalue weighted by molar-refractivity contribution is 9.10. The highest BCUT2D eigenvalue weighted by Gasteiger charge is 2.38. The number of benzene rings is 1. The van der Waals surface area contributed by atoms with Crippen molar-refractivity contribution >= 4 is 21.8 Å². The van der Waals surface area contributed by atoms with Crippen molar-refractivity contribution in [2.45, 2.75) is 19.2 Å². The van der Waals surface area contributed by atoms with Gasteiger partial charge in [0.25, 0.3) is 5.91 Å². The maximum Gasteiger partial charge on any atom is 0.416 e. The van der Waals surface area contributed by atoms with E-state index in [9.17, 15) is 18.0 Å². The van der Waals surface area contributed by atoms with Gasteiger partial charge in [0.05, 0.1) is 6.54 Å². The third-order valence-electron chi connectivity index (χ3n) is 2.27. The second-order valence-corrected chi connectivity index (χ2v) is 4.64. The molecule has 1 atom stereocenters. The van der Waals surface area contributed by atoms with Crippen molar-refractivity contribution in [3.63, 3.8) is 0 Å². The maximum atomic E-state index is 12.0. The third kappa shape index (κ3) is 3.99. The molecule has 0 saturated carbocycles. The number of alkyl halides is 3. The summed E-state index contributed by atoms with van der Waals surface area (Å²) in [5.41, 5.74) is 0.899. The molecule has 0 fully saturated rings. The van der Waals surface area contributed by atoms with Crippen LogP contribution in [0.1, 0.15) is 15.9 Å². The first kappa shape index (κ1) is 15.0. The zero-order chi connectivity index (χ0) is 13.9. The second kappa shape index (κ2) is 5.71. The lowest BCUT2D eigenvalue weighted by Crippen LogP contribution is -2.40. The largest absolute Gasteiger partial charge is 0.416 e. The summed E-state index contributed by atoms with van der Waals surface area (Å²) in [5.74, 6) is -0.650. The molecule has 0 saturated heterocycles. The van der Waals surface area contributed by atoms with E-state index < -0.39 is 24.7 Å². The monoisotopic (exact) mass is 325 g/mol. The number of carbonyl (C=O) groups is 1. The number of carbonyl (C=O) groups excluding carboxylic acids is 1. The lowest BCUT2D eigenvalue weighted by atomic mass is 10.1. The fraction of sp³-hybridized carbons (Fsp3) is 0.364. The molecule has 0 spiro atoms. The van der Waals surface area contributed by atoms with Gasteiger partial charge in [-0.25, -0.2) is 0 Å². The zero-order valence-electron chi connectivity index (χ0n) is 9.38. The van der Waals surface area contributed by atoms with E-state index in [1.54, 1.807) is 19.1 Å². The van der Waals surface area contributed by atoms with Crippen LogP contribution in [0.5, 0.6) is 0 Å². The number of halogens is 4. The molecule has 0 aliphatic heterocycles. The first-order valence-corrected chi connectivity index (χ1v) is 5.80. The Hall–Kier alpha value is -1.08. The van der Waals surface area contributed by atoms with E-state index >= 15 is 0 Å². The molecule has 7 heteroatoms. The molecule has 2 N–H and O–H groups in total. The Morgan fingerprint density at radius 1 is 1.50 bits per heavy atom. The van der Waals surface area contributed by atoms with E-state index in [1.165, 1.54) is 6.07 Å². The van der Waals surface area contributed by atoms with Crippen LogP contribution in [0.2, 0.25) is 0 Å². The van der Waals surface area contributed by atoms with Crippen molar-refractivity contribution in [2.75, 3.05) is 6.54 Å². The maximum absolute atomic E-state index is 12.0. The van der Waals surface area contributed by atoms with E-state index in [0.29, 0.717) is 5.56 Å². The smallest absolute Gasteiger partial charge is 0.382 e. The summed E-state index contributed by atoms with van der Waals surface area (Å²) in [4.78, 5) is 11.6. The molecule has 0 radical (unpaired) electrons. The molecule has 100 valence electrons. The van der Waals surface area contributed by atoms with Crippen molar-refractivity contribution in [2.24, 2.45) is 0 Å². The molecule has 0 heterocycles. The molecule has 1 aromatic rings. The van der Waals surface area contributed by atoms with Crippen LogP contribution >= 0.6 is 15.9 Å². The van der Waals surface area contributed by atoms with Crippen LogP contribution in [-0.4, -0.2) is 29.8 Å². The first-order valence-electron chi connectivity index (χ1n) is 5.01. The Morgan fingerprint density at radius 3 is 2.61 bits per heavy atom. The van der Waals surface area contributed by atoms with Gasteiger partial charge in [-0.2, -0.15) is 13.2 Å². The molecular weight excluding hydrogens is 315 g/mol. The average Bonchev–Trinajstić information content (AvgIpc) is 2.24. The number of aliphatic hydroxyl groups excluding tert-OH is 1. The lowest BCUT2D eigenvalue weighted by Gasteiger charge is -2.15. The predicted molar refractivity (Wildman–Crippen MR) is 63.3 cm³/mol. The summed E-state index contributed by atoms with van der Waals surface area (Å²) in [6.45, 7) is 0.803. The van der Waals surface area contributed by atoms with Gasteiger partial charge in [0, 0.05) is 10.0 Å². The SMILES string of the molecule is Cc1cc(Br)ccc1C(=O)NCC(O)C(F)(F)F. The first-order chi connectivity index (χ1) is 8.21. The van der Waals surface area contributed by atoms with Gasteiger partial charge >= 0.3 is 6.18 Å². The van der Waals surface area contributed by atoms with Crippen LogP contribution < -0.4 is 5.32 Å². The highest BCUT2D eigenvalue weighted by atomic mass is 79.9. The summed E-state index contributed by atoms with van der Waals surface area (Å²) in [5, 5.41) is 10.8.